The summed E-state index contributed by atoms with van der Waals surface area (Å²) >= 11 is 0. The average Bonchev–Trinajstić information content (AvgIpc) is 1.72. The van der Waals surface area contributed by atoms with Crippen LogP contribution in [0.25, 0.3) is 0 Å². The Bertz CT molecular complexity index is 29.7. The molecular weight excluding hydrogens is 102 g/mol. The molecule has 2 N–H and O–H groups in total. The largest absolute Gasteiger partial charge is 0.392 e. The summed E-state index contributed by atoms with van der Waals surface area (Å²) in [5.41, 5.74) is 0. The first-order valence-electron chi connectivity index (χ1n) is 3.10. The van der Waals surface area contributed by atoms with E-state index < -0.39 is 0 Å². The third kappa shape index (κ3) is 16.8. The molecule has 52 valence electrons. The summed E-state index contributed by atoms with van der Waals surface area (Å²) in [6.45, 7) is 6.43. The van der Waals surface area contributed by atoms with Crippen LogP contribution < -0.4 is 5.32 Å². The fourth-order valence-corrected chi connectivity index (χ4v) is 0.295. The fraction of sp³-hybridized carbons (Fsp3) is 1.00. The van der Waals surface area contributed by atoms with E-state index in [1.165, 1.54) is 0 Å². The average molecular weight is 119 g/mol. The maximum Gasteiger partial charge on any atom is 0.0636 e. The second kappa shape index (κ2) is 10.0. The van der Waals surface area contributed by atoms with Gasteiger partial charge in [0.05, 0.1) is 6.10 Å². The molecule has 0 fully saturated rings. The first-order chi connectivity index (χ1) is 3.77. The van der Waals surface area contributed by atoms with Crippen molar-refractivity contribution in [2.75, 3.05) is 13.6 Å². The molecule has 0 radical (unpaired) electrons. The second-order valence-electron chi connectivity index (χ2n) is 1.41. The van der Waals surface area contributed by atoms with Crippen LogP contribution in [-0.2, 0) is 0 Å². The van der Waals surface area contributed by atoms with Gasteiger partial charge in [-0.1, -0.05) is 13.8 Å². The summed E-state index contributed by atoms with van der Waals surface area (Å²) in [4.78, 5) is 0. The van der Waals surface area contributed by atoms with Gasteiger partial charge in [0.15, 0.2) is 0 Å². The molecule has 0 spiro atoms. The summed E-state index contributed by atoms with van der Waals surface area (Å²) < 4.78 is 0. The number of aliphatic hydroxyl groups is 1. The molecule has 0 aliphatic rings. The van der Waals surface area contributed by atoms with Gasteiger partial charge in [0.25, 0.3) is 0 Å². The maximum atomic E-state index is 8.49. The summed E-state index contributed by atoms with van der Waals surface area (Å²) in [5, 5.41) is 11.3. The van der Waals surface area contributed by atoms with Crippen LogP contribution in [0.5, 0.6) is 0 Å². The SMILES string of the molecule is CC.CNCC(C)O. The van der Waals surface area contributed by atoms with E-state index in [1.54, 1.807) is 6.92 Å². The molecular formula is C6H17NO. The van der Waals surface area contributed by atoms with Gasteiger partial charge >= 0.3 is 0 Å². The van der Waals surface area contributed by atoms with Crippen molar-refractivity contribution < 1.29 is 5.11 Å². The molecule has 0 aliphatic heterocycles. The molecule has 1 unspecified atom stereocenters. The lowest BCUT2D eigenvalue weighted by atomic mass is 10.4. The predicted octanol–water partition coefficient (Wildman–Crippen LogP) is 0.613. The van der Waals surface area contributed by atoms with Gasteiger partial charge in [-0.15, -0.1) is 0 Å². The monoisotopic (exact) mass is 119 g/mol. The minimum atomic E-state index is -0.213. The van der Waals surface area contributed by atoms with Crippen LogP contribution in [0.3, 0.4) is 0 Å². The van der Waals surface area contributed by atoms with E-state index in [-0.39, 0.29) is 6.10 Å². The summed E-state index contributed by atoms with van der Waals surface area (Å²) in [7, 11) is 1.81. The molecule has 0 heterocycles. The van der Waals surface area contributed by atoms with Gasteiger partial charge in [0, 0.05) is 6.54 Å². The number of hydrogen-bond donors (Lipinski definition) is 2. The van der Waals surface area contributed by atoms with Crippen LogP contribution in [0.2, 0.25) is 0 Å². The Morgan fingerprint density at radius 2 is 1.88 bits per heavy atom. The molecule has 2 nitrogen and oxygen atoms in total. The Labute approximate surface area is 51.9 Å². The normalized spacial score (nSPS) is 11.6. The van der Waals surface area contributed by atoms with Crippen LogP contribution in [0.15, 0.2) is 0 Å². The van der Waals surface area contributed by atoms with Gasteiger partial charge in [-0.25, -0.2) is 0 Å². The standard InChI is InChI=1S/C4H11NO.C2H6/c1-4(6)3-5-2;1-2/h4-6H,3H2,1-2H3;1-2H3. The lowest BCUT2D eigenvalue weighted by Gasteiger charge is -1.97. The Morgan fingerprint density at radius 1 is 1.50 bits per heavy atom. The second-order valence-corrected chi connectivity index (χ2v) is 1.41. The van der Waals surface area contributed by atoms with Crippen molar-refractivity contribution in [3.63, 3.8) is 0 Å². The predicted molar refractivity (Wildman–Crippen MR) is 37.0 cm³/mol. The minimum absolute atomic E-state index is 0.213. The van der Waals surface area contributed by atoms with Gasteiger partial charge in [0.2, 0.25) is 0 Å². The molecule has 0 aromatic heterocycles. The summed E-state index contributed by atoms with van der Waals surface area (Å²) in [6.07, 6.45) is -0.213. The van der Waals surface area contributed by atoms with Gasteiger partial charge in [-0.3, -0.25) is 0 Å². The minimum Gasteiger partial charge on any atom is -0.392 e. The van der Waals surface area contributed by atoms with Gasteiger partial charge < -0.3 is 10.4 Å². The quantitative estimate of drug-likeness (QED) is 0.558. The lowest BCUT2D eigenvalue weighted by Crippen LogP contribution is -2.19. The van der Waals surface area contributed by atoms with E-state index in [9.17, 15) is 0 Å². The first-order valence-corrected chi connectivity index (χ1v) is 3.10. The maximum absolute atomic E-state index is 8.49. The molecule has 0 rings (SSSR count). The van der Waals surface area contributed by atoms with Crippen molar-refractivity contribution in [3.8, 4) is 0 Å². The molecule has 0 aliphatic carbocycles. The van der Waals surface area contributed by atoms with Gasteiger partial charge in [-0.2, -0.15) is 0 Å². The highest BCUT2D eigenvalue weighted by molar-refractivity contribution is 4.44. The number of likely N-dealkylation sites (N-methyl/N-ethyl adjacent to an activating group) is 1. The highest BCUT2D eigenvalue weighted by Crippen LogP contribution is 1.69. The van der Waals surface area contributed by atoms with Crippen LogP contribution >= 0.6 is 0 Å². The van der Waals surface area contributed by atoms with Crippen LogP contribution in [0, 0.1) is 0 Å². The van der Waals surface area contributed by atoms with Crippen molar-refractivity contribution in [2.24, 2.45) is 0 Å². The van der Waals surface area contributed by atoms with Crippen molar-refractivity contribution in [1.82, 2.24) is 5.32 Å². The van der Waals surface area contributed by atoms with E-state index in [0.29, 0.717) is 6.54 Å². The Morgan fingerprint density at radius 3 is 1.88 bits per heavy atom. The van der Waals surface area contributed by atoms with Crippen LogP contribution in [-0.4, -0.2) is 24.8 Å². The molecule has 0 saturated carbocycles. The van der Waals surface area contributed by atoms with Crippen LogP contribution in [0.1, 0.15) is 20.8 Å². The molecule has 1 atom stereocenters. The molecule has 0 bridgehead atoms. The van der Waals surface area contributed by atoms with E-state index in [2.05, 4.69) is 5.32 Å². The Hall–Kier alpha value is -0.0800. The third-order valence-electron chi connectivity index (χ3n) is 0.500. The Kier molecular flexibility index (Phi) is 13.6. The van der Waals surface area contributed by atoms with Crippen LogP contribution in [0.4, 0.5) is 0 Å². The number of rotatable bonds is 2. The molecule has 0 amide bonds. The highest BCUT2D eigenvalue weighted by Gasteiger charge is 1.86. The van der Waals surface area contributed by atoms with Crippen molar-refractivity contribution in [1.29, 1.82) is 0 Å². The fourth-order valence-electron chi connectivity index (χ4n) is 0.295. The topological polar surface area (TPSA) is 32.3 Å². The zero-order valence-electron chi connectivity index (χ0n) is 6.23. The zero-order valence-corrected chi connectivity index (χ0v) is 6.23. The summed E-state index contributed by atoms with van der Waals surface area (Å²) in [6, 6.07) is 0. The number of aliphatic hydroxyl groups excluding tert-OH is 1. The molecule has 0 aromatic rings. The highest BCUT2D eigenvalue weighted by atomic mass is 16.3. The molecule has 8 heavy (non-hydrogen) atoms. The van der Waals surface area contributed by atoms with E-state index >= 15 is 0 Å². The third-order valence-corrected chi connectivity index (χ3v) is 0.500. The van der Waals surface area contributed by atoms with E-state index in [1.807, 2.05) is 20.9 Å². The van der Waals surface area contributed by atoms with Crippen molar-refractivity contribution in [2.45, 2.75) is 26.9 Å². The molecule has 2 heteroatoms. The summed E-state index contributed by atoms with van der Waals surface area (Å²) in [5.74, 6) is 0. The molecule has 0 saturated heterocycles. The van der Waals surface area contributed by atoms with E-state index in [0.717, 1.165) is 0 Å². The van der Waals surface area contributed by atoms with E-state index in [4.69, 9.17) is 5.11 Å². The smallest absolute Gasteiger partial charge is 0.0636 e. The van der Waals surface area contributed by atoms with Gasteiger partial charge in [0.1, 0.15) is 0 Å². The van der Waals surface area contributed by atoms with Crippen molar-refractivity contribution >= 4 is 0 Å². The van der Waals surface area contributed by atoms with Crippen molar-refractivity contribution in [3.05, 3.63) is 0 Å². The zero-order chi connectivity index (χ0) is 6.99. The lowest BCUT2D eigenvalue weighted by molar-refractivity contribution is 0.194. The Balaban J connectivity index is 0. The van der Waals surface area contributed by atoms with Gasteiger partial charge in [-0.05, 0) is 14.0 Å². The first kappa shape index (κ1) is 10.8. The number of hydrogen-bond acceptors (Lipinski definition) is 2. The molecule has 0 aromatic carbocycles. The number of nitrogens with one attached hydrogen (secondary N) is 1.